The molecule has 1 aliphatic rings. The van der Waals surface area contributed by atoms with Crippen LogP contribution in [0.15, 0.2) is 164 Å². The molecule has 2 nitrogen and oxygen atoms in total. The second-order valence-corrected chi connectivity index (χ2v) is 13.0. The van der Waals surface area contributed by atoms with E-state index in [9.17, 15) is 0 Å². The van der Waals surface area contributed by atoms with Crippen molar-refractivity contribution in [2.24, 2.45) is 0 Å². The Balaban J connectivity index is 1.25. The third-order valence-corrected chi connectivity index (χ3v) is 10.4. The number of thiophene rings is 1. The first-order valence-electron chi connectivity index (χ1n) is 15.8. The molecule has 2 heterocycles. The first-order chi connectivity index (χ1) is 22.7. The van der Waals surface area contributed by atoms with Crippen molar-refractivity contribution in [1.29, 1.82) is 0 Å². The number of rotatable bonds is 7. The fourth-order valence-corrected chi connectivity index (χ4v) is 8.25. The van der Waals surface area contributed by atoms with Gasteiger partial charge < -0.3 is 10.2 Å². The second kappa shape index (κ2) is 11.5. The first-order valence-corrected chi connectivity index (χ1v) is 16.6. The Morgan fingerprint density at radius 1 is 0.630 bits per heavy atom. The summed E-state index contributed by atoms with van der Waals surface area (Å²) >= 11 is 1.90. The van der Waals surface area contributed by atoms with Gasteiger partial charge >= 0.3 is 0 Å². The summed E-state index contributed by atoms with van der Waals surface area (Å²) in [7, 11) is 0. The van der Waals surface area contributed by atoms with Crippen molar-refractivity contribution in [2.45, 2.75) is 19.4 Å². The summed E-state index contributed by atoms with van der Waals surface area (Å²) in [6.45, 7) is 4.38. The van der Waals surface area contributed by atoms with Gasteiger partial charge in [-0.2, -0.15) is 0 Å². The quantitative estimate of drug-likeness (QED) is 0.181. The Hall–Kier alpha value is -5.38. The summed E-state index contributed by atoms with van der Waals surface area (Å²) in [4.78, 5) is 2.44. The molecule has 0 aliphatic carbocycles. The zero-order valence-electron chi connectivity index (χ0n) is 25.9. The van der Waals surface area contributed by atoms with Gasteiger partial charge in [0.05, 0.1) is 5.54 Å². The molecule has 6 aromatic carbocycles. The normalized spacial score (nSPS) is 15.9. The number of fused-ring (bicyclic) bond motifs is 4. The van der Waals surface area contributed by atoms with Gasteiger partial charge in [-0.15, -0.1) is 11.3 Å². The van der Waals surface area contributed by atoms with Crippen LogP contribution in [0.4, 0.5) is 22.7 Å². The van der Waals surface area contributed by atoms with Crippen molar-refractivity contribution in [3.05, 3.63) is 169 Å². The summed E-state index contributed by atoms with van der Waals surface area (Å²) < 4.78 is 2.63. The van der Waals surface area contributed by atoms with Crippen LogP contribution in [0, 0.1) is 0 Å². The maximum atomic E-state index is 3.66. The predicted molar refractivity (Wildman–Crippen MR) is 200 cm³/mol. The summed E-state index contributed by atoms with van der Waals surface area (Å²) in [6, 6.07) is 50.2. The Morgan fingerprint density at radius 3 is 2.04 bits per heavy atom. The van der Waals surface area contributed by atoms with Crippen molar-refractivity contribution in [3.63, 3.8) is 0 Å². The van der Waals surface area contributed by atoms with Crippen LogP contribution in [0.1, 0.15) is 19.4 Å². The van der Waals surface area contributed by atoms with Gasteiger partial charge in [-0.3, -0.25) is 0 Å². The maximum Gasteiger partial charge on any atom is 0.0881 e. The monoisotopic (exact) mass is 610 g/mol. The molecule has 1 atom stereocenters. The molecule has 0 bridgehead atoms. The molecule has 222 valence electrons. The van der Waals surface area contributed by atoms with Crippen molar-refractivity contribution in [3.8, 4) is 22.3 Å². The second-order valence-electron chi connectivity index (χ2n) is 11.9. The highest BCUT2D eigenvalue weighted by molar-refractivity contribution is 7.26. The highest BCUT2D eigenvalue weighted by Gasteiger charge is 2.44. The molecule has 1 unspecified atom stereocenters. The fraction of sp³-hybridized carbons (Fsp3) is 0.0698. The van der Waals surface area contributed by atoms with Gasteiger partial charge in [0.1, 0.15) is 0 Å². The number of nitrogens with one attached hydrogen (secondary N) is 1. The van der Waals surface area contributed by atoms with Crippen LogP contribution in [0.5, 0.6) is 0 Å². The molecule has 1 N–H and O–H groups in total. The lowest BCUT2D eigenvalue weighted by Gasteiger charge is -2.52. The van der Waals surface area contributed by atoms with Crippen LogP contribution in [-0.2, 0) is 5.54 Å². The highest BCUT2D eigenvalue weighted by Crippen LogP contribution is 2.55. The third kappa shape index (κ3) is 4.63. The number of benzene rings is 6. The van der Waals surface area contributed by atoms with Gasteiger partial charge in [0.15, 0.2) is 0 Å². The molecular formula is C43H34N2S. The van der Waals surface area contributed by atoms with E-state index < -0.39 is 0 Å². The molecule has 0 saturated carbocycles. The highest BCUT2D eigenvalue weighted by atomic mass is 32.1. The number of nitrogens with zero attached hydrogens (tertiary/aromatic N) is 1. The molecule has 0 saturated heterocycles. The topological polar surface area (TPSA) is 15.3 Å². The Labute approximate surface area is 274 Å². The number of hydrogen-bond acceptors (Lipinski definition) is 3. The predicted octanol–water partition coefficient (Wildman–Crippen LogP) is 12.6. The molecule has 46 heavy (non-hydrogen) atoms. The lowest BCUT2D eigenvalue weighted by Crippen LogP contribution is -2.48. The average Bonchev–Trinajstić information content (AvgIpc) is 3.49. The van der Waals surface area contributed by atoms with Crippen LogP contribution in [0.2, 0.25) is 0 Å². The molecule has 1 aliphatic heterocycles. The summed E-state index contributed by atoms with van der Waals surface area (Å²) in [6.07, 6.45) is 8.68. The number of hydrogen-bond donors (Lipinski definition) is 1. The maximum absolute atomic E-state index is 3.66. The van der Waals surface area contributed by atoms with Gasteiger partial charge in [-0.05, 0) is 67.4 Å². The van der Waals surface area contributed by atoms with E-state index in [1.165, 1.54) is 59.4 Å². The van der Waals surface area contributed by atoms with E-state index in [-0.39, 0.29) is 5.54 Å². The SMILES string of the molecule is C/C=C\C=C/C1(C)c2cc(-c3cccc4c3sc3c(-c5ccccc5Nc5ccccc5)cccc34)ccc2N1c1ccccc1. The van der Waals surface area contributed by atoms with Crippen molar-refractivity contribution in [1.82, 2.24) is 0 Å². The minimum atomic E-state index is -0.247. The van der Waals surface area contributed by atoms with Crippen molar-refractivity contribution < 1.29 is 0 Å². The first kappa shape index (κ1) is 28.1. The van der Waals surface area contributed by atoms with Crippen LogP contribution in [0.25, 0.3) is 42.4 Å². The summed E-state index contributed by atoms with van der Waals surface area (Å²) in [5.74, 6) is 0. The van der Waals surface area contributed by atoms with E-state index in [1.807, 2.05) is 17.4 Å². The van der Waals surface area contributed by atoms with E-state index in [0.717, 1.165) is 11.4 Å². The van der Waals surface area contributed by atoms with Crippen LogP contribution in [0.3, 0.4) is 0 Å². The van der Waals surface area contributed by atoms with E-state index in [1.54, 1.807) is 0 Å². The Bertz CT molecular complexity index is 2260. The van der Waals surface area contributed by atoms with Crippen molar-refractivity contribution >= 4 is 54.3 Å². The molecular weight excluding hydrogens is 577 g/mol. The largest absolute Gasteiger partial charge is 0.355 e. The lowest BCUT2D eigenvalue weighted by molar-refractivity contribution is 0.549. The van der Waals surface area contributed by atoms with E-state index in [2.05, 4.69) is 182 Å². The summed E-state index contributed by atoms with van der Waals surface area (Å²) in [5, 5.41) is 6.26. The third-order valence-electron chi connectivity index (χ3n) is 9.09. The lowest BCUT2D eigenvalue weighted by atomic mass is 9.77. The van der Waals surface area contributed by atoms with Crippen molar-refractivity contribution in [2.75, 3.05) is 10.2 Å². The zero-order chi connectivity index (χ0) is 31.1. The van der Waals surface area contributed by atoms with Crippen LogP contribution < -0.4 is 10.2 Å². The number of anilines is 4. The smallest absolute Gasteiger partial charge is 0.0881 e. The molecule has 8 rings (SSSR count). The molecule has 0 radical (unpaired) electrons. The van der Waals surface area contributed by atoms with Gasteiger partial charge in [-0.1, -0.05) is 121 Å². The van der Waals surface area contributed by atoms with Gasteiger partial charge in [0, 0.05) is 59.6 Å². The number of para-hydroxylation sites is 3. The van der Waals surface area contributed by atoms with Crippen LogP contribution >= 0.6 is 11.3 Å². The van der Waals surface area contributed by atoms with Gasteiger partial charge in [0.25, 0.3) is 0 Å². The fourth-order valence-electron chi connectivity index (χ4n) is 6.89. The minimum Gasteiger partial charge on any atom is -0.355 e. The average molecular weight is 611 g/mol. The Morgan fingerprint density at radius 2 is 1.28 bits per heavy atom. The van der Waals surface area contributed by atoms with E-state index in [4.69, 9.17) is 0 Å². The molecule has 7 aromatic rings. The Kier molecular flexibility index (Phi) is 7.04. The minimum absolute atomic E-state index is 0.247. The molecule has 0 spiro atoms. The molecule has 3 heteroatoms. The molecule has 0 amide bonds. The molecule has 0 fully saturated rings. The summed E-state index contributed by atoms with van der Waals surface area (Å²) in [5.41, 5.74) is 10.7. The van der Waals surface area contributed by atoms with Gasteiger partial charge in [-0.25, -0.2) is 0 Å². The van der Waals surface area contributed by atoms with E-state index in [0.29, 0.717) is 0 Å². The van der Waals surface area contributed by atoms with Crippen LogP contribution in [-0.4, -0.2) is 0 Å². The number of allylic oxidation sites excluding steroid dienone is 3. The standard InChI is InChI=1S/C43H34N2S/c1-3-4-13-28-43(2)38-29-30(26-27-40(38)45(43)32-18-9-6-10-19-32)33-21-14-23-36-37-24-15-22-35(42(37)46-41(33)36)34-20-11-12-25-39(34)44-31-16-7-5-8-17-31/h3-29,44H,1-2H3/b4-3-,28-13-. The van der Waals surface area contributed by atoms with Gasteiger partial charge in [0.2, 0.25) is 0 Å². The van der Waals surface area contributed by atoms with E-state index >= 15 is 0 Å². The molecule has 1 aromatic heterocycles. The zero-order valence-corrected chi connectivity index (χ0v) is 26.8.